The van der Waals surface area contributed by atoms with Crippen molar-refractivity contribution in [3.05, 3.63) is 30.5 Å². The molecule has 0 atom stereocenters. The Morgan fingerprint density at radius 2 is 2.32 bits per heavy atom. The summed E-state index contributed by atoms with van der Waals surface area (Å²) in [7, 11) is 1.59. The highest BCUT2D eigenvalue weighted by Gasteiger charge is 2.10. The number of nitrogens with zero attached hydrogens (tertiary/aromatic N) is 1. The first-order chi connectivity index (χ1) is 9.22. The normalized spacial score (nSPS) is 10.0. The maximum Gasteiger partial charge on any atom is 0.414 e. The number of methoxy groups -OCH3 is 1. The zero-order valence-electron chi connectivity index (χ0n) is 10.7. The van der Waals surface area contributed by atoms with Crippen LogP contribution in [0.5, 0.6) is 5.75 Å². The van der Waals surface area contributed by atoms with Gasteiger partial charge in [0.1, 0.15) is 5.75 Å². The summed E-state index contributed by atoms with van der Waals surface area (Å²) in [6.07, 6.45) is 0.849. The average molecular weight is 262 g/mol. The first-order valence-corrected chi connectivity index (χ1v) is 5.77. The summed E-state index contributed by atoms with van der Waals surface area (Å²) in [6.45, 7) is 2.02. The van der Waals surface area contributed by atoms with Crippen LogP contribution < -0.4 is 10.1 Å². The topological polar surface area (TPSA) is 73.6 Å². The molecule has 1 heterocycles. The first kappa shape index (κ1) is 12.9. The Bertz CT molecular complexity index is 565. The Kier molecular flexibility index (Phi) is 4.02. The van der Waals surface area contributed by atoms with Gasteiger partial charge in [-0.3, -0.25) is 5.32 Å². The molecule has 0 radical (unpaired) electrons. The van der Waals surface area contributed by atoms with Gasteiger partial charge in [-0.2, -0.15) is 0 Å². The maximum atomic E-state index is 11.2. The molecule has 1 amide bonds. The van der Waals surface area contributed by atoms with Crippen molar-refractivity contribution in [2.75, 3.05) is 19.0 Å². The minimum atomic E-state index is -0.573. The van der Waals surface area contributed by atoms with Crippen molar-refractivity contribution in [2.24, 2.45) is 0 Å². The molecule has 0 fully saturated rings. The van der Waals surface area contributed by atoms with Gasteiger partial charge in [0.15, 0.2) is 0 Å². The van der Waals surface area contributed by atoms with Gasteiger partial charge in [-0.1, -0.05) is 6.07 Å². The second-order valence-corrected chi connectivity index (χ2v) is 3.61. The predicted molar refractivity (Wildman–Crippen MR) is 69.1 cm³/mol. The molecule has 2 rings (SSSR count). The summed E-state index contributed by atoms with van der Waals surface area (Å²) in [4.78, 5) is 15.3. The van der Waals surface area contributed by atoms with Crippen LogP contribution in [0.2, 0.25) is 0 Å². The van der Waals surface area contributed by atoms with E-state index in [4.69, 9.17) is 13.9 Å². The molecule has 0 unspecified atom stereocenters. The lowest BCUT2D eigenvalue weighted by atomic mass is 10.2. The SMILES string of the molecule is CCOC(=O)Nc1cnc(-c2cccc(OC)c2)o1. The number of carbonyl (C=O) groups is 1. The number of rotatable bonds is 4. The van der Waals surface area contributed by atoms with Crippen LogP contribution in [-0.2, 0) is 4.74 Å². The van der Waals surface area contributed by atoms with Gasteiger partial charge in [-0.05, 0) is 25.1 Å². The highest BCUT2D eigenvalue weighted by atomic mass is 16.5. The fourth-order valence-electron chi connectivity index (χ4n) is 1.49. The van der Waals surface area contributed by atoms with Gasteiger partial charge >= 0.3 is 6.09 Å². The summed E-state index contributed by atoms with van der Waals surface area (Å²) < 4.78 is 15.3. The molecule has 100 valence electrons. The van der Waals surface area contributed by atoms with Crippen LogP contribution >= 0.6 is 0 Å². The monoisotopic (exact) mass is 262 g/mol. The number of hydrogen-bond acceptors (Lipinski definition) is 5. The van der Waals surface area contributed by atoms with Gasteiger partial charge in [-0.25, -0.2) is 9.78 Å². The predicted octanol–water partition coefficient (Wildman–Crippen LogP) is 2.92. The van der Waals surface area contributed by atoms with Crippen molar-refractivity contribution >= 4 is 12.0 Å². The summed E-state index contributed by atoms with van der Waals surface area (Å²) in [5.74, 6) is 1.33. The Morgan fingerprint density at radius 1 is 1.47 bits per heavy atom. The lowest BCUT2D eigenvalue weighted by Crippen LogP contribution is -2.12. The van der Waals surface area contributed by atoms with Gasteiger partial charge in [0.05, 0.1) is 19.9 Å². The highest BCUT2D eigenvalue weighted by Crippen LogP contribution is 2.25. The third kappa shape index (κ3) is 3.25. The van der Waals surface area contributed by atoms with Crippen LogP contribution in [0.3, 0.4) is 0 Å². The van der Waals surface area contributed by atoms with Crippen molar-refractivity contribution in [3.8, 4) is 17.2 Å². The number of aromatic nitrogens is 1. The lowest BCUT2D eigenvalue weighted by molar-refractivity contribution is 0.167. The minimum Gasteiger partial charge on any atom is -0.497 e. The van der Waals surface area contributed by atoms with E-state index in [0.29, 0.717) is 18.2 Å². The van der Waals surface area contributed by atoms with E-state index < -0.39 is 6.09 Å². The molecule has 0 saturated carbocycles. The van der Waals surface area contributed by atoms with E-state index in [0.717, 1.165) is 5.56 Å². The Balaban J connectivity index is 2.13. The van der Waals surface area contributed by atoms with Crippen molar-refractivity contribution < 1.29 is 18.7 Å². The minimum absolute atomic E-state index is 0.233. The molecular formula is C13H14N2O4. The second-order valence-electron chi connectivity index (χ2n) is 3.61. The smallest absolute Gasteiger partial charge is 0.414 e. The van der Waals surface area contributed by atoms with Crippen LogP contribution in [0.4, 0.5) is 10.7 Å². The Hall–Kier alpha value is -2.50. The van der Waals surface area contributed by atoms with E-state index in [1.54, 1.807) is 20.1 Å². The summed E-state index contributed by atoms with van der Waals surface area (Å²) in [5.41, 5.74) is 0.760. The second kappa shape index (κ2) is 5.90. The molecule has 0 bridgehead atoms. The Morgan fingerprint density at radius 3 is 3.05 bits per heavy atom. The maximum absolute atomic E-state index is 11.2. The van der Waals surface area contributed by atoms with Crippen molar-refractivity contribution in [1.82, 2.24) is 4.98 Å². The fourth-order valence-corrected chi connectivity index (χ4v) is 1.49. The molecular weight excluding hydrogens is 248 g/mol. The molecule has 6 heteroatoms. The number of carbonyl (C=O) groups excluding carboxylic acids is 1. The van der Waals surface area contributed by atoms with Crippen molar-refractivity contribution in [1.29, 1.82) is 0 Å². The van der Waals surface area contributed by atoms with Crippen LogP contribution in [0.15, 0.2) is 34.9 Å². The first-order valence-electron chi connectivity index (χ1n) is 5.77. The van der Waals surface area contributed by atoms with Crippen LogP contribution in [0.25, 0.3) is 11.5 Å². The van der Waals surface area contributed by atoms with E-state index in [1.165, 1.54) is 6.20 Å². The standard InChI is InChI=1S/C13H14N2O4/c1-3-18-13(16)15-11-8-14-12(19-11)9-5-4-6-10(7-9)17-2/h4-8H,3H2,1-2H3,(H,15,16). The van der Waals surface area contributed by atoms with E-state index in [2.05, 4.69) is 10.3 Å². The molecule has 1 aromatic heterocycles. The van der Waals surface area contributed by atoms with Gasteiger partial charge in [0.2, 0.25) is 11.8 Å². The fraction of sp³-hybridized carbons (Fsp3) is 0.231. The van der Waals surface area contributed by atoms with E-state index >= 15 is 0 Å². The summed E-state index contributed by atoms with van der Waals surface area (Å²) in [5, 5.41) is 2.44. The van der Waals surface area contributed by atoms with Crippen LogP contribution in [-0.4, -0.2) is 24.8 Å². The van der Waals surface area contributed by atoms with Crippen LogP contribution in [0.1, 0.15) is 6.92 Å². The van der Waals surface area contributed by atoms with Gasteiger partial charge in [-0.15, -0.1) is 0 Å². The number of oxazole rings is 1. The zero-order chi connectivity index (χ0) is 13.7. The molecule has 0 aliphatic rings. The average Bonchev–Trinajstić information content (AvgIpc) is 2.87. The lowest BCUT2D eigenvalue weighted by Gasteiger charge is -2.01. The number of hydrogen-bond donors (Lipinski definition) is 1. The van der Waals surface area contributed by atoms with E-state index in [1.807, 2.05) is 18.2 Å². The quantitative estimate of drug-likeness (QED) is 0.917. The number of amides is 1. The summed E-state index contributed by atoms with van der Waals surface area (Å²) in [6, 6.07) is 7.28. The molecule has 1 aromatic carbocycles. The van der Waals surface area contributed by atoms with Crippen LogP contribution in [0, 0.1) is 0 Å². The molecule has 0 spiro atoms. The number of ether oxygens (including phenoxy) is 2. The molecule has 6 nitrogen and oxygen atoms in total. The van der Waals surface area contributed by atoms with Crippen molar-refractivity contribution in [3.63, 3.8) is 0 Å². The molecule has 0 saturated heterocycles. The number of benzene rings is 1. The molecule has 0 aliphatic carbocycles. The molecule has 19 heavy (non-hydrogen) atoms. The molecule has 0 aliphatic heterocycles. The molecule has 1 N–H and O–H groups in total. The third-order valence-electron chi connectivity index (χ3n) is 2.32. The van der Waals surface area contributed by atoms with Gasteiger partial charge < -0.3 is 13.9 Å². The third-order valence-corrected chi connectivity index (χ3v) is 2.32. The van der Waals surface area contributed by atoms with Gasteiger partial charge in [0, 0.05) is 5.56 Å². The molecule has 2 aromatic rings. The summed E-state index contributed by atoms with van der Waals surface area (Å²) >= 11 is 0. The zero-order valence-corrected chi connectivity index (χ0v) is 10.7. The highest BCUT2D eigenvalue weighted by molar-refractivity contribution is 5.82. The number of nitrogens with one attached hydrogen (secondary N) is 1. The largest absolute Gasteiger partial charge is 0.497 e. The Labute approximate surface area is 110 Å². The van der Waals surface area contributed by atoms with E-state index in [-0.39, 0.29) is 5.88 Å². The van der Waals surface area contributed by atoms with Gasteiger partial charge in [0.25, 0.3) is 0 Å². The number of anilines is 1. The van der Waals surface area contributed by atoms with Crippen molar-refractivity contribution in [2.45, 2.75) is 6.92 Å². The van der Waals surface area contributed by atoms with E-state index in [9.17, 15) is 4.79 Å².